The number of piperidine rings is 1. The monoisotopic (exact) mass is 378 g/mol. The molecule has 0 bridgehead atoms. The highest BCUT2D eigenvalue weighted by molar-refractivity contribution is 7.99. The third kappa shape index (κ3) is 4.59. The molecule has 144 valence electrons. The van der Waals surface area contributed by atoms with Crippen molar-refractivity contribution in [2.75, 3.05) is 31.9 Å². The van der Waals surface area contributed by atoms with Crippen LogP contribution in [-0.4, -0.2) is 65.1 Å². The third-order valence-electron chi connectivity index (χ3n) is 5.77. The van der Waals surface area contributed by atoms with Crippen LogP contribution < -0.4 is 11.2 Å². The summed E-state index contributed by atoms with van der Waals surface area (Å²) in [5, 5.41) is 0.828. The zero-order valence-electron chi connectivity index (χ0n) is 16.4. The molecule has 1 aromatic heterocycles. The number of likely N-dealkylation sites (tertiary alicyclic amines) is 1. The summed E-state index contributed by atoms with van der Waals surface area (Å²) in [6, 6.07) is 0. The number of hydrogen-bond acceptors (Lipinski definition) is 7. The standard InChI is InChI=1S/C18H31BN4O2S/c1-17(2)18(3,4)25-19(24-17)15-11-21-16(22-12-15)26-13-14-5-8-23(9-6-14)10-7-20/h11-12,14H,5-10,13,20H2,1-4H3. The average Bonchev–Trinajstić information content (AvgIpc) is 2.83. The van der Waals surface area contributed by atoms with Gasteiger partial charge < -0.3 is 19.9 Å². The number of aromatic nitrogens is 2. The molecule has 0 amide bonds. The fourth-order valence-corrected chi connectivity index (χ4v) is 4.23. The summed E-state index contributed by atoms with van der Waals surface area (Å²) in [6.45, 7) is 12.3. The summed E-state index contributed by atoms with van der Waals surface area (Å²) in [6.07, 6.45) is 6.14. The van der Waals surface area contributed by atoms with Gasteiger partial charge in [-0.25, -0.2) is 9.97 Å². The summed E-state index contributed by atoms with van der Waals surface area (Å²) >= 11 is 1.75. The molecular weight excluding hydrogens is 347 g/mol. The maximum absolute atomic E-state index is 6.05. The van der Waals surface area contributed by atoms with E-state index in [1.165, 1.54) is 12.8 Å². The molecule has 0 atom stereocenters. The van der Waals surface area contributed by atoms with Crippen molar-refractivity contribution >= 4 is 24.3 Å². The molecule has 0 unspecified atom stereocenters. The fraction of sp³-hybridized carbons (Fsp3) is 0.778. The molecule has 2 N–H and O–H groups in total. The summed E-state index contributed by atoms with van der Waals surface area (Å²) in [5.41, 5.74) is 5.83. The Bertz CT molecular complexity index is 575. The lowest BCUT2D eigenvalue weighted by molar-refractivity contribution is 0.00578. The number of rotatable bonds is 6. The number of nitrogens with two attached hydrogens (primary N) is 1. The summed E-state index contributed by atoms with van der Waals surface area (Å²) in [5.74, 6) is 1.81. The quantitative estimate of drug-likeness (QED) is 0.457. The second-order valence-electron chi connectivity index (χ2n) is 8.27. The van der Waals surface area contributed by atoms with Gasteiger partial charge in [-0.15, -0.1) is 0 Å². The largest absolute Gasteiger partial charge is 0.498 e. The van der Waals surface area contributed by atoms with E-state index < -0.39 is 7.12 Å². The first-order valence-corrected chi connectivity index (χ1v) is 10.5. The van der Waals surface area contributed by atoms with Crippen LogP contribution in [0.3, 0.4) is 0 Å². The summed E-state index contributed by atoms with van der Waals surface area (Å²) in [4.78, 5) is 11.5. The van der Waals surface area contributed by atoms with Gasteiger partial charge in [-0.05, 0) is 59.5 Å². The van der Waals surface area contributed by atoms with Gasteiger partial charge in [0, 0.05) is 36.7 Å². The second kappa shape index (κ2) is 8.14. The Balaban J connectivity index is 1.48. The molecule has 2 aliphatic heterocycles. The highest BCUT2D eigenvalue weighted by Gasteiger charge is 2.51. The van der Waals surface area contributed by atoms with Gasteiger partial charge in [0.25, 0.3) is 0 Å². The van der Waals surface area contributed by atoms with Gasteiger partial charge in [0.2, 0.25) is 0 Å². The molecule has 0 aromatic carbocycles. The maximum atomic E-state index is 6.05. The second-order valence-corrected chi connectivity index (χ2v) is 9.26. The van der Waals surface area contributed by atoms with Crippen molar-refractivity contribution in [2.24, 2.45) is 11.7 Å². The molecular formula is C18H31BN4O2S. The first kappa shape index (κ1) is 20.1. The maximum Gasteiger partial charge on any atom is 0.498 e. The lowest BCUT2D eigenvalue weighted by Crippen LogP contribution is -2.41. The van der Waals surface area contributed by atoms with Crippen LogP contribution in [0, 0.1) is 5.92 Å². The minimum atomic E-state index is -0.397. The first-order valence-electron chi connectivity index (χ1n) is 9.53. The predicted octanol–water partition coefficient (Wildman–Crippen LogP) is 1.54. The average molecular weight is 378 g/mol. The molecule has 0 radical (unpaired) electrons. The number of nitrogens with zero attached hydrogens (tertiary/aromatic N) is 3. The summed E-state index contributed by atoms with van der Waals surface area (Å²) in [7, 11) is -0.397. The lowest BCUT2D eigenvalue weighted by Gasteiger charge is -2.32. The fourth-order valence-electron chi connectivity index (χ4n) is 3.25. The van der Waals surface area contributed by atoms with Crippen LogP contribution in [0.5, 0.6) is 0 Å². The van der Waals surface area contributed by atoms with Crippen LogP contribution in [-0.2, 0) is 9.31 Å². The van der Waals surface area contributed by atoms with Crippen LogP contribution in [0.4, 0.5) is 0 Å². The van der Waals surface area contributed by atoms with Gasteiger partial charge in [0.05, 0.1) is 11.2 Å². The molecule has 8 heteroatoms. The van der Waals surface area contributed by atoms with Crippen LogP contribution in [0.15, 0.2) is 17.6 Å². The molecule has 26 heavy (non-hydrogen) atoms. The zero-order chi connectivity index (χ0) is 18.8. The Kier molecular flexibility index (Phi) is 6.29. The molecule has 6 nitrogen and oxygen atoms in total. The highest BCUT2D eigenvalue weighted by Crippen LogP contribution is 2.36. The van der Waals surface area contributed by atoms with Crippen LogP contribution in [0.2, 0.25) is 0 Å². The number of thioether (sulfide) groups is 1. The van der Waals surface area contributed by atoms with Gasteiger partial charge in [0.1, 0.15) is 0 Å². The molecule has 0 aliphatic carbocycles. The Hall–Kier alpha value is -0.665. The van der Waals surface area contributed by atoms with Crippen molar-refractivity contribution in [1.82, 2.24) is 14.9 Å². The van der Waals surface area contributed by atoms with Crippen molar-refractivity contribution in [1.29, 1.82) is 0 Å². The molecule has 1 aromatic rings. The third-order valence-corrected chi connectivity index (χ3v) is 6.88. The van der Waals surface area contributed by atoms with E-state index in [2.05, 4.69) is 42.6 Å². The van der Waals surface area contributed by atoms with Crippen LogP contribution >= 0.6 is 11.8 Å². The van der Waals surface area contributed by atoms with Crippen molar-refractivity contribution < 1.29 is 9.31 Å². The van der Waals surface area contributed by atoms with Crippen LogP contribution in [0.25, 0.3) is 0 Å². The zero-order valence-corrected chi connectivity index (χ0v) is 17.2. The summed E-state index contributed by atoms with van der Waals surface area (Å²) < 4.78 is 12.1. The molecule has 3 heterocycles. The van der Waals surface area contributed by atoms with Crippen molar-refractivity contribution in [2.45, 2.75) is 56.9 Å². The molecule has 3 rings (SSSR count). The molecule has 2 aliphatic rings. The molecule has 2 saturated heterocycles. The van der Waals surface area contributed by atoms with Crippen molar-refractivity contribution in [3.05, 3.63) is 12.4 Å². The van der Waals surface area contributed by atoms with E-state index in [0.29, 0.717) is 0 Å². The normalized spacial score (nSPS) is 23.5. The highest BCUT2D eigenvalue weighted by atomic mass is 32.2. The van der Waals surface area contributed by atoms with Gasteiger partial charge in [-0.1, -0.05) is 11.8 Å². The van der Waals surface area contributed by atoms with Gasteiger partial charge in [-0.2, -0.15) is 0 Å². The predicted molar refractivity (Wildman–Crippen MR) is 107 cm³/mol. The van der Waals surface area contributed by atoms with Gasteiger partial charge >= 0.3 is 7.12 Å². The Labute approximate surface area is 161 Å². The Morgan fingerprint density at radius 2 is 1.73 bits per heavy atom. The minimum absolute atomic E-state index is 0.343. The molecule has 0 saturated carbocycles. The topological polar surface area (TPSA) is 73.5 Å². The van der Waals surface area contributed by atoms with E-state index >= 15 is 0 Å². The smallest absolute Gasteiger partial charge is 0.399 e. The molecule has 0 spiro atoms. The van der Waals surface area contributed by atoms with E-state index in [4.69, 9.17) is 15.0 Å². The van der Waals surface area contributed by atoms with E-state index in [9.17, 15) is 0 Å². The molecule has 2 fully saturated rings. The first-order chi connectivity index (χ1) is 12.3. The number of hydrogen-bond donors (Lipinski definition) is 1. The van der Waals surface area contributed by atoms with Crippen LogP contribution in [0.1, 0.15) is 40.5 Å². The van der Waals surface area contributed by atoms with E-state index in [1.54, 1.807) is 11.8 Å². The van der Waals surface area contributed by atoms with Crippen molar-refractivity contribution in [3.63, 3.8) is 0 Å². The minimum Gasteiger partial charge on any atom is -0.399 e. The SMILES string of the molecule is CC1(C)OB(c2cnc(SCC3CCN(CCN)CC3)nc2)OC1(C)C. The van der Waals surface area contributed by atoms with Crippen molar-refractivity contribution in [3.8, 4) is 0 Å². The van der Waals surface area contributed by atoms with E-state index in [1.807, 2.05) is 12.4 Å². The van der Waals surface area contributed by atoms with Gasteiger partial charge in [-0.3, -0.25) is 0 Å². The Morgan fingerprint density at radius 1 is 1.15 bits per heavy atom. The Morgan fingerprint density at radius 3 is 2.27 bits per heavy atom. The van der Waals surface area contributed by atoms with E-state index in [0.717, 1.165) is 48.5 Å². The van der Waals surface area contributed by atoms with Gasteiger partial charge in [0.15, 0.2) is 5.16 Å². The van der Waals surface area contributed by atoms with E-state index in [-0.39, 0.29) is 11.2 Å². The lowest BCUT2D eigenvalue weighted by atomic mass is 9.81.